The van der Waals surface area contributed by atoms with Crippen LogP contribution in [0, 0.1) is 0 Å². The second-order valence-electron chi connectivity index (χ2n) is 5.06. The third-order valence-electron chi connectivity index (χ3n) is 3.51. The summed E-state index contributed by atoms with van der Waals surface area (Å²) in [7, 11) is 0. The molecule has 0 amide bonds. The van der Waals surface area contributed by atoms with E-state index in [0.717, 1.165) is 19.3 Å². The van der Waals surface area contributed by atoms with Gasteiger partial charge in [0.1, 0.15) is 0 Å². The third kappa shape index (κ3) is 3.13. The topological polar surface area (TPSA) is 43.4 Å². The summed E-state index contributed by atoms with van der Waals surface area (Å²) in [6.45, 7) is 6.23. The van der Waals surface area contributed by atoms with E-state index in [0.29, 0.717) is 29.7 Å². The zero-order chi connectivity index (χ0) is 15.2. The van der Waals surface area contributed by atoms with Crippen molar-refractivity contribution in [3.05, 3.63) is 59.4 Å². The molecule has 0 aromatic heterocycles. The number of benzene rings is 1. The number of fused-ring (bicyclic) bond motifs is 1. The second-order valence-corrected chi connectivity index (χ2v) is 5.06. The molecule has 0 heterocycles. The molecule has 2 rings (SSSR count). The molecule has 0 spiro atoms. The number of ether oxygens (including phenoxy) is 1. The standard InChI is InChI=1S/C18H20O3/c1-3-5-8-12-21-18-15(9-4-2)16(19)13-10-6-7-11-14(13)17(18)20/h4,6-7,10-11H,2-3,5,8-9,12H2,1H3. The maximum Gasteiger partial charge on any atom is 0.228 e. The Morgan fingerprint density at radius 2 is 1.76 bits per heavy atom. The van der Waals surface area contributed by atoms with Crippen LogP contribution >= 0.6 is 0 Å². The molecule has 1 aromatic rings. The molecule has 1 aromatic carbocycles. The highest BCUT2D eigenvalue weighted by Crippen LogP contribution is 2.29. The first-order valence-corrected chi connectivity index (χ1v) is 7.36. The van der Waals surface area contributed by atoms with E-state index in [4.69, 9.17) is 4.74 Å². The average Bonchev–Trinajstić information content (AvgIpc) is 2.51. The molecule has 0 unspecified atom stereocenters. The first kappa shape index (κ1) is 15.2. The minimum atomic E-state index is -0.196. The summed E-state index contributed by atoms with van der Waals surface area (Å²) in [4.78, 5) is 25.1. The largest absolute Gasteiger partial charge is 0.489 e. The van der Waals surface area contributed by atoms with Gasteiger partial charge in [-0.15, -0.1) is 6.58 Å². The van der Waals surface area contributed by atoms with E-state index in [1.807, 2.05) is 0 Å². The van der Waals surface area contributed by atoms with Crippen molar-refractivity contribution in [1.82, 2.24) is 0 Å². The van der Waals surface area contributed by atoms with Crippen molar-refractivity contribution in [3.8, 4) is 0 Å². The van der Waals surface area contributed by atoms with Crippen LogP contribution in [0.25, 0.3) is 0 Å². The molecule has 0 bridgehead atoms. The number of unbranched alkanes of at least 4 members (excludes halogenated alkanes) is 2. The molecule has 1 aliphatic rings. The first-order chi connectivity index (χ1) is 10.2. The highest BCUT2D eigenvalue weighted by molar-refractivity contribution is 6.26. The van der Waals surface area contributed by atoms with Gasteiger partial charge in [0.2, 0.25) is 5.78 Å². The van der Waals surface area contributed by atoms with Crippen LogP contribution in [0.15, 0.2) is 48.3 Å². The number of carbonyl (C=O) groups is 2. The van der Waals surface area contributed by atoms with Gasteiger partial charge in [0.15, 0.2) is 11.5 Å². The Labute approximate surface area is 125 Å². The van der Waals surface area contributed by atoms with Crippen molar-refractivity contribution in [1.29, 1.82) is 0 Å². The van der Waals surface area contributed by atoms with Crippen LogP contribution in [0.4, 0.5) is 0 Å². The van der Waals surface area contributed by atoms with E-state index in [9.17, 15) is 9.59 Å². The molecule has 3 heteroatoms. The molecule has 0 radical (unpaired) electrons. The van der Waals surface area contributed by atoms with Crippen molar-refractivity contribution in [2.45, 2.75) is 32.6 Å². The van der Waals surface area contributed by atoms with Gasteiger partial charge in [-0.2, -0.15) is 0 Å². The molecule has 0 N–H and O–H groups in total. The zero-order valence-corrected chi connectivity index (χ0v) is 12.4. The molecule has 0 atom stereocenters. The lowest BCUT2D eigenvalue weighted by molar-refractivity contribution is 0.0866. The molecule has 1 aliphatic carbocycles. The highest BCUT2D eigenvalue weighted by atomic mass is 16.5. The number of rotatable bonds is 7. The Morgan fingerprint density at radius 1 is 1.10 bits per heavy atom. The van der Waals surface area contributed by atoms with Crippen molar-refractivity contribution in [3.63, 3.8) is 0 Å². The van der Waals surface area contributed by atoms with Crippen molar-refractivity contribution in [2.24, 2.45) is 0 Å². The highest BCUT2D eigenvalue weighted by Gasteiger charge is 2.32. The fourth-order valence-electron chi connectivity index (χ4n) is 2.41. The Bertz CT molecular complexity index is 596. The third-order valence-corrected chi connectivity index (χ3v) is 3.51. The van der Waals surface area contributed by atoms with Crippen molar-refractivity contribution < 1.29 is 14.3 Å². The maximum atomic E-state index is 12.5. The molecule has 0 saturated carbocycles. The van der Waals surface area contributed by atoms with Gasteiger partial charge in [-0.25, -0.2) is 0 Å². The number of hydrogen-bond donors (Lipinski definition) is 0. The summed E-state index contributed by atoms with van der Waals surface area (Å²) in [6, 6.07) is 6.89. The van der Waals surface area contributed by atoms with Crippen molar-refractivity contribution >= 4 is 11.6 Å². The molecular formula is C18H20O3. The van der Waals surface area contributed by atoms with Gasteiger partial charge in [-0.3, -0.25) is 9.59 Å². The number of Topliss-reactive ketones (excluding diaryl/α,β-unsaturated/α-hetero) is 2. The van der Waals surface area contributed by atoms with E-state index in [-0.39, 0.29) is 17.3 Å². The SMILES string of the molecule is C=CCC1=C(OCCCCC)C(=O)c2ccccc2C1=O. The van der Waals surface area contributed by atoms with Gasteiger partial charge >= 0.3 is 0 Å². The van der Waals surface area contributed by atoms with Gasteiger partial charge in [0.25, 0.3) is 0 Å². The van der Waals surface area contributed by atoms with Crippen molar-refractivity contribution in [2.75, 3.05) is 6.61 Å². The summed E-state index contributed by atoms with van der Waals surface area (Å²) in [6.07, 6.45) is 4.98. The molecule has 110 valence electrons. The van der Waals surface area contributed by atoms with E-state index in [1.165, 1.54) is 0 Å². The molecule has 0 aliphatic heterocycles. The Kier molecular flexibility index (Phi) is 5.09. The number of allylic oxidation sites excluding steroid dienone is 3. The fourth-order valence-corrected chi connectivity index (χ4v) is 2.41. The predicted molar refractivity (Wildman–Crippen MR) is 82.4 cm³/mol. The normalized spacial score (nSPS) is 14.1. The summed E-state index contributed by atoms with van der Waals surface area (Å²) in [5, 5.41) is 0. The lowest BCUT2D eigenvalue weighted by atomic mass is 9.87. The van der Waals surface area contributed by atoms with Crippen LogP contribution in [0.1, 0.15) is 53.3 Å². The first-order valence-electron chi connectivity index (χ1n) is 7.36. The van der Waals surface area contributed by atoms with Gasteiger partial charge < -0.3 is 4.74 Å². The molecule has 21 heavy (non-hydrogen) atoms. The van der Waals surface area contributed by atoms with Crippen LogP contribution < -0.4 is 0 Å². The van der Waals surface area contributed by atoms with E-state index >= 15 is 0 Å². The monoisotopic (exact) mass is 284 g/mol. The lowest BCUT2D eigenvalue weighted by Gasteiger charge is -2.20. The van der Waals surface area contributed by atoms with Gasteiger partial charge in [-0.05, 0) is 12.8 Å². The quantitative estimate of drug-likeness (QED) is 0.559. The average molecular weight is 284 g/mol. The maximum absolute atomic E-state index is 12.5. The predicted octanol–water partition coefficient (Wildman–Crippen LogP) is 4.10. The Hall–Kier alpha value is -2.16. The minimum Gasteiger partial charge on any atom is -0.489 e. The van der Waals surface area contributed by atoms with Crippen LogP contribution in [0.3, 0.4) is 0 Å². The minimum absolute atomic E-state index is 0.129. The van der Waals surface area contributed by atoms with Crippen LogP contribution in [-0.2, 0) is 4.74 Å². The molecular weight excluding hydrogens is 264 g/mol. The van der Waals surface area contributed by atoms with Crippen LogP contribution in [-0.4, -0.2) is 18.2 Å². The van der Waals surface area contributed by atoms with Crippen LogP contribution in [0.5, 0.6) is 0 Å². The fraction of sp³-hybridized carbons (Fsp3) is 0.333. The lowest BCUT2D eigenvalue weighted by Crippen LogP contribution is -2.23. The Morgan fingerprint density at radius 3 is 2.38 bits per heavy atom. The van der Waals surface area contributed by atoms with Gasteiger partial charge in [-0.1, -0.05) is 50.1 Å². The number of hydrogen-bond acceptors (Lipinski definition) is 3. The van der Waals surface area contributed by atoms with Crippen LogP contribution in [0.2, 0.25) is 0 Å². The number of ketones is 2. The van der Waals surface area contributed by atoms with E-state index in [2.05, 4.69) is 13.5 Å². The summed E-state index contributed by atoms with van der Waals surface area (Å²) in [5.41, 5.74) is 1.31. The van der Waals surface area contributed by atoms with Gasteiger partial charge in [0, 0.05) is 16.7 Å². The summed E-state index contributed by atoms with van der Waals surface area (Å²) < 4.78 is 5.65. The smallest absolute Gasteiger partial charge is 0.228 e. The molecule has 3 nitrogen and oxygen atoms in total. The summed E-state index contributed by atoms with van der Waals surface area (Å²) >= 11 is 0. The number of carbonyl (C=O) groups excluding carboxylic acids is 2. The zero-order valence-electron chi connectivity index (χ0n) is 12.4. The Balaban J connectivity index is 2.32. The summed E-state index contributed by atoms with van der Waals surface area (Å²) in [5.74, 6) is -0.121. The van der Waals surface area contributed by atoms with Gasteiger partial charge in [0.05, 0.1) is 6.61 Å². The molecule has 0 saturated heterocycles. The van der Waals surface area contributed by atoms with E-state index in [1.54, 1.807) is 30.3 Å². The second kappa shape index (κ2) is 7.02. The van der Waals surface area contributed by atoms with E-state index < -0.39 is 0 Å². The molecule has 0 fully saturated rings.